The summed E-state index contributed by atoms with van der Waals surface area (Å²) in [6.07, 6.45) is 0. The average Bonchev–Trinajstić information content (AvgIpc) is 2.74. The standard InChI is InChI=1S/C12H11F3N2S/c1-6-2-3-18-12(6)11(17-16)7-4-8(13)10(15)9(14)5-7/h2-5,11,17H,16H2,1H3. The summed E-state index contributed by atoms with van der Waals surface area (Å²) in [6.45, 7) is 1.87. The minimum atomic E-state index is -1.47. The van der Waals surface area contributed by atoms with Crippen LogP contribution in [0.15, 0.2) is 23.6 Å². The number of halogens is 3. The predicted octanol–water partition coefficient (Wildman–Crippen LogP) is 3.03. The summed E-state index contributed by atoms with van der Waals surface area (Å²) in [5.74, 6) is 1.50. The Bertz CT molecular complexity index is 545. The molecule has 0 fully saturated rings. The van der Waals surface area contributed by atoms with Gasteiger partial charge in [-0.15, -0.1) is 11.3 Å². The molecule has 2 nitrogen and oxygen atoms in total. The van der Waals surface area contributed by atoms with E-state index in [9.17, 15) is 13.2 Å². The summed E-state index contributed by atoms with van der Waals surface area (Å²) in [6, 6.07) is 3.21. The Balaban J connectivity index is 2.49. The number of nitrogens with one attached hydrogen (secondary N) is 1. The van der Waals surface area contributed by atoms with Crippen molar-refractivity contribution >= 4 is 11.3 Å². The average molecular weight is 272 g/mol. The Morgan fingerprint density at radius 3 is 2.28 bits per heavy atom. The van der Waals surface area contributed by atoms with Crippen LogP contribution >= 0.6 is 11.3 Å². The summed E-state index contributed by atoms with van der Waals surface area (Å²) < 4.78 is 39.3. The lowest BCUT2D eigenvalue weighted by atomic mass is 10.0. The smallest absolute Gasteiger partial charge is 0.194 e. The third kappa shape index (κ3) is 2.27. The van der Waals surface area contributed by atoms with Gasteiger partial charge in [-0.1, -0.05) is 0 Å². The molecule has 0 amide bonds. The molecule has 2 rings (SSSR count). The zero-order chi connectivity index (χ0) is 13.3. The third-order valence-corrected chi connectivity index (χ3v) is 3.75. The second-order valence-corrected chi connectivity index (χ2v) is 4.81. The van der Waals surface area contributed by atoms with Crippen molar-refractivity contribution in [1.82, 2.24) is 5.43 Å². The second kappa shape index (κ2) is 5.09. The van der Waals surface area contributed by atoms with Crippen LogP contribution in [-0.4, -0.2) is 0 Å². The molecule has 1 unspecified atom stereocenters. The Labute approximate surface area is 106 Å². The van der Waals surface area contributed by atoms with E-state index in [0.717, 1.165) is 22.6 Å². The van der Waals surface area contributed by atoms with E-state index in [0.29, 0.717) is 0 Å². The summed E-state index contributed by atoms with van der Waals surface area (Å²) >= 11 is 1.41. The number of hydrogen-bond acceptors (Lipinski definition) is 3. The molecule has 1 heterocycles. The third-order valence-electron chi connectivity index (χ3n) is 2.67. The van der Waals surface area contributed by atoms with Gasteiger partial charge in [0.1, 0.15) is 0 Å². The van der Waals surface area contributed by atoms with E-state index in [4.69, 9.17) is 5.84 Å². The minimum Gasteiger partial charge on any atom is -0.271 e. The highest BCUT2D eigenvalue weighted by molar-refractivity contribution is 7.10. The molecule has 0 aliphatic heterocycles. The van der Waals surface area contributed by atoms with E-state index in [1.165, 1.54) is 11.3 Å². The molecule has 2 aromatic rings. The highest BCUT2D eigenvalue weighted by Crippen LogP contribution is 2.30. The largest absolute Gasteiger partial charge is 0.271 e. The van der Waals surface area contributed by atoms with Gasteiger partial charge in [-0.3, -0.25) is 5.84 Å². The molecule has 0 radical (unpaired) electrons. The Kier molecular flexibility index (Phi) is 3.70. The maximum absolute atomic E-state index is 13.2. The first kappa shape index (κ1) is 13.1. The van der Waals surface area contributed by atoms with Gasteiger partial charge in [0.15, 0.2) is 17.5 Å². The summed E-state index contributed by atoms with van der Waals surface area (Å²) in [4.78, 5) is 0.836. The summed E-state index contributed by atoms with van der Waals surface area (Å²) in [7, 11) is 0. The van der Waals surface area contributed by atoms with E-state index in [1.807, 2.05) is 18.4 Å². The first-order valence-corrected chi connectivity index (χ1v) is 6.07. The number of rotatable bonds is 3. The molecule has 96 valence electrons. The van der Waals surface area contributed by atoms with Crippen LogP contribution in [0, 0.1) is 24.4 Å². The molecular weight excluding hydrogens is 261 g/mol. The Morgan fingerprint density at radius 1 is 1.22 bits per heavy atom. The fraction of sp³-hybridized carbons (Fsp3) is 0.167. The van der Waals surface area contributed by atoms with E-state index in [1.54, 1.807) is 0 Å². The number of thiophene rings is 1. The van der Waals surface area contributed by atoms with E-state index >= 15 is 0 Å². The summed E-state index contributed by atoms with van der Waals surface area (Å²) in [5, 5.41) is 1.85. The number of nitrogens with two attached hydrogens (primary N) is 1. The SMILES string of the molecule is Cc1ccsc1C(NN)c1cc(F)c(F)c(F)c1. The zero-order valence-electron chi connectivity index (χ0n) is 9.51. The highest BCUT2D eigenvalue weighted by atomic mass is 32.1. The van der Waals surface area contributed by atoms with E-state index in [2.05, 4.69) is 5.43 Å². The molecule has 1 aromatic heterocycles. The Hall–Kier alpha value is -1.37. The van der Waals surface area contributed by atoms with Crippen molar-refractivity contribution in [2.45, 2.75) is 13.0 Å². The van der Waals surface area contributed by atoms with Gasteiger partial charge in [-0.05, 0) is 41.6 Å². The molecule has 6 heteroatoms. The monoisotopic (exact) mass is 272 g/mol. The van der Waals surface area contributed by atoms with Crippen molar-refractivity contribution in [2.24, 2.45) is 5.84 Å². The van der Waals surface area contributed by atoms with Gasteiger partial charge in [-0.25, -0.2) is 18.6 Å². The Morgan fingerprint density at radius 2 is 1.83 bits per heavy atom. The molecule has 0 spiro atoms. The van der Waals surface area contributed by atoms with Gasteiger partial charge in [0.05, 0.1) is 6.04 Å². The molecule has 18 heavy (non-hydrogen) atoms. The topological polar surface area (TPSA) is 38.0 Å². The van der Waals surface area contributed by atoms with Crippen LogP contribution in [0.3, 0.4) is 0 Å². The molecule has 0 bridgehead atoms. The summed E-state index contributed by atoms with van der Waals surface area (Å²) in [5.41, 5.74) is 3.69. The lowest BCUT2D eigenvalue weighted by Gasteiger charge is -2.16. The van der Waals surface area contributed by atoms with E-state index in [-0.39, 0.29) is 5.56 Å². The number of hydrogen-bond donors (Lipinski definition) is 2. The minimum absolute atomic E-state index is 0.249. The van der Waals surface area contributed by atoms with Gasteiger partial charge < -0.3 is 0 Å². The molecule has 1 atom stereocenters. The van der Waals surface area contributed by atoms with Gasteiger partial charge in [-0.2, -0.15) is 0 Å². The van der Waals surface area contributed by atoms with Crippen LogP contribution in [0.4, 0.5) is 13.2 Å². The zero-order valence-corrected chi connectivity index (χ0v) is 10.3. The van der Waals surface area contributed by atoms with Crippen LogP contribution < -0.4 is 11.3 Å². The fourth-order valence-electron chi connectivity index (χ4n) is 1.75. The fourth-order valence-corrected chi connectivity index (χ4v) is 2.76. The first-order chi connectivity index (χ1) is 8.54. The van der Waals surface area contributed by atoms with Crippen LogP contribution in [0.2, 0.25) is 0 Å². The molecule has 0 saturated heterocycles. The molecule has 0 saturated carbocycles. The predicted molar refractivity (Wildman–Crippen MR) is 64.5 cm³/mol. The van der Waals surface area contributed by atoms with Gasteiger partial charge in [0.2, 0.25) is 0 Å². The van der Waals surface area contributed by atoms with Crippen molar-refractivity contribution < 1.29 is 13.2 Å². The van der Waals surface area contributed by atoms with Crippen molar-refractivity contribution in [3.05, 3.63) is 57.0 Å². The van der Waals surface area contributed by atoms with Crippen LogP contribution in [0.25, 0.3) is 0 Å². The lowest BCUT2D eigenvalue weighted by molar-refractivity contribution is 0.443. The van der Waals surface area contributed by atoms with Gasteiger partial charge in [0.25, 0.3) is 0 Å². The number of aryl methyl sites for hydroxylation is 1. The maximum Gasteiger partial charge on any atom is 0.194 e. The van der Waals surface area contributed by atoms with Gasteiger partial charge >= 0.3 is 0 Å². The quantitative estimate of drug-likeness (QED) is 0.512. The second-order valence-electron chi connectivity index (χ2n) is 3.87. The highest BCUT2D eigenvalue weighted by Gasteiger charge is 2.20. The van der Waals surface area contributed by atoms with Crippen molar-refractivity contribution in [3.63, 3.8) is 0 Å². The van der Waals surface area contributed by atoms with Crippen LogP contribution in [0.1, 0.15) is 22.0 Å². The van der Waals surface area contributed by atoms with Crippen LogP contribution in [0.5, 0.6) is 0 Å². The molecule has 0 aliphatic carbocycles. The molecular formula is C12H11F3N2S. The first-order valence-electron chi connectivity index (χ1n) is 5.19. The maximum atomic E-state index is 13.2. The molecule has 0 aliphatic rings. The molecule has 1 aromatic carbocycles. The van der Waals surface area contributed by atoms with Crippen molar-refractivity contribution in [3.8, 4) is 0 Å². The molecule has 3 N–H and O–H groups in total. The number of benzene rings is 1. The van der Waals surface area contributed by atoms with E-state index < -0.39 is 23.5 Å². The number of hydrazine groups is 1. The van der Waals surface area contributed by atoms with Crippen molar-refractivity contribution in [2.75, 3.05) is 0 Å². The van der Waals surface area contributed by atoms with Gasteiger partial charge in [0, 0.05) is 4.88 Å². The van der Waals surface area contributed by atoms with Crippen LogP contribution in [-0.2, 0) is 0 Å². The normalized spacial score (nSPS) is 12.7. The lowest BCUT2D eigenvalue weighted by Crippen LogP contribution is -2.29. The van der Waals surface area contributed by atoms with Crippen molar-refractivity contribution in [1.29, 1.82) is 0 Å².